The lowest BCUT2D eigenvalue weighted by Gasteiger charge is -2.16. The second-order valence-corrected chi connectivity index (χ2v) is 6.34. The predicted molar refractivity (Wildman–Crippen MR) is 91.3 cm³/mol. The molecule has 0 aliphatic rings. The van der Waals surface area contributed by atoms with Gasteiger partial charge < -0.3 is 18.7 Å². The van der Waals surface area contributed by atoms with Gasteiger partial charge in [-0.05, 0) is 26.0 Å². The fourth-order valence-corrected chi connectivity index (χ4v) is 2.21. The van der Waals surface area contributed by atoms with Gasteiger partial charge in [-0.1, -0.05) is 30.6 Å². The third-order valence-corrected chi connectivity index (χ3v) is 3.43. The summed E-state index contributed by atoms with van der Waals surface area (Å²) in [6, 6.07) is 2.98. The molecule has 1 aromatic carbocycles. The van der Waals surface area contributed by atoms with Crippen molar-refractivity contribution < 1.29 is 23.5 Å². The van der Waals surface area contributed by atoms with E-state index in [-0.39, 0.29) is 35.1 Å². The van der Waals surface area contributed by atoms with E-state index in [1.807, 2.05) is 27.7 Å². The largest absolute Gasteiger partial charge is 0.493 e. The zero-order chi connectivity index (χ0) is 18.6. The van der Waals surface area contributed by atoms with Gasteiger partial charge in [-0.25, -0.2) is 4.79 Å². The SMILES string of the molecule is COc1cc(C(=O)OCc2nc(C(C)C)no2)cc(Cl)c1OC(C)C. The fraction of sp³-hybridized carbons (Fsp3) is 0.471. The Morgan fingerprint density at radius 1 is 1.28 bits per heavy atom. The Morgan fingerprint density at radius 2 is 2.00 bits per heavy atom. The maximum atomic E-state index is 12.2. The molecule has 0 radical (unpaired) electrons. The molecule has 8 heteroatoms. The lowest BCUT2D eigenvalue weighted by atomic mass is 10.2. The molecule has 0 amide bonds. The van der Waals surface area contributed by atoms with Crippen molar-refractivity contribution in [1.29, 1.82) is 0 Å². The van der Waals surface area contributed by atoms with Gasteiger partial charge in [0.15, 0.2) is 23.9 Å². The van der Waals surface area contributed by atoms with E-state index in [9.17, 15) is 4.79 Å². The zero-order valence-electron chi connectivity index (χ0n) is 14.8. The molecule has 136 valence electrons. The van der Waals surface area contributed by atoms with Gasteiger partial charge in [0, 0.05) is 5.92 Å². The molecule has 1 aromatic heterocycles. The molecule has 1 heterocycles. The van der Waals surface area contributed by atoms with E-state index in [2.05, 4.69) is 10.1 Å². The Morgan fingerprint density at radius 3 is 2.56 bits per heavy atom. The molecular weight excluding hydrogens is 348 g/mol. The molecular formula is C17H21ClN2O5. The number of esters is 1. The van der Waals surface area contributed by atoms with Crippen LogP contribution in [0, 0.1) is 0 Å². The van der Waals surface area contributed by atoms with Crippen LogP contribution in [0.5, 0.6) is 11.5 Å². The molecule has 2 rings (SSSR count). The quantitative estimate of drug-likeness (QED) is 0.683. The minimum atomic E-state index is -0.583. The highest BCUT2D eigenvalue weighted by atomic mass is 35.5. The van der Waals surface area contributed by atoms with Gasteiger partial charge in [0.05, 0.1) is 23.8 Å². The van der Waals surface area contributed by atoms with Crippen LogP contribution in [-0.2, 0) is 11.3 Å². The van der Waals surface area contributed by atoms with Crippen LogP contribution in [0.1, 0.15) is 55.7 Å². The smallest absolute Gasteiger partial charge is 0.338 e. The zero-order valence-corrected chi connectivity index (χ0v) is 15.6. The van der Waals surface area contributed by atoms with E-state index < -0.39 is 5.97 Å². The molecule has 0 unspecified atom stereocenters. The number of rotatable bonds is 7. The van der Waals surface area contributed by atoms with E-state index in [1.165, 1.54) is 19.2 Å². The number of benzene rings is 1. The summed E-state index contributed by atoms with van der Waals surface area (Å²) >= 11 is 6.20. The number of halogens is 1. The summed E-state index contributed by atoms with van der Waals surface area (Å²) in [6.45, 7) is 7.50. The van der Waals surface area contributed by atoms with Crippen LogP contribution in [0.2, 0.25) is 5.02 Å². The lowest BCUT2D eigenvalue weighted by Crippen LogP contribution is -2.10. The Labute approximate surface area is 151 Å². The summed E-state index contributed by atoms with van der Waals surface area (Å²) < 4.78 is 21.1. The normalized spacial score (nSPS) is 11.0. The molecule has 0 saturated carbocycles. The van der Waals surface area contributed by atoms with Crippen LogP contribution >= 0.6 is 11.6 Å². The van der Waals surface area contributed by atoms with Crippen molar-refractivity contribution >= 4 is 17.6 Å². The lowest BCUT2D eigenvalue weighted by molar-refractivity contribution is 0.0429. The van der Waals surface area contributed by atoms with Crippen LogP contribution in [0.4, 0.5) is 0 Å². The number of methoxy groups -OCH3 is 1. The maximum Gasteiger partial charge on any atom is 0.338 e. The van der Waals surface area contributed by atoms with Crippen molar-refractivity contribution in [3.8, 4) is 11.5 Å². The van der Waals surface area contributed by atoms with Crippen LogP contribution in [0.15, 0.2) is 16.7 Å². The average Bonchev–Trinajstić information content (AvgIpc) is 3.03. The van der Waals surface area contributed by atoms with Gasteiger partial charge in [-0.2, -0.15) is 4.98 Å². The summed E-state index contributed by atoms with van der Waals surface area (Å²) in [5.41, 5.74) is 0.238. The fourth-order valence-electron chi connectivity index (χ4n) is 1.96. The Balaban J connectivity index is 2.11. The number of ether oxygens (including phenoxy) is 3. The number of carbonyl (C=O) groups is 1. The first-order valence-electron chi connectivity index (χ1n) is 7.85. The number of aromatic nitrogens is 2. The second-order valence-electron chi connectivity index (χ2n) is 5.93. The van der Waals surface area contributed by atoms with E-state index in [4.69, 9.17) is 30.3 Å². The van der Waals surface area contributed by atoms with Crippen molar-refractivity contribution in [2.24, 2.45) is 0 Å². The molecule has 0 fully saturated rings. The minimum absolute atomic E-state index is 0.0862. The van der Waals surface area contributed by atoms with E-state index in [1.54, 1.807) is 0 Å². The van der Waals surface area contributed by atoms with Gasteiger partial charge >= 0.3 is 5.97 Å². The van der Waals surface area contributed by atoms with Gasteiger partial charge in [-0.15, -0.1) is 0 Å². The minimum Gasteiger partial charge on any atom is -0.493 e. The van der Waals surface area contributed by atoms with Crippen molar-refractivity contribution in [3.05, 3.63) is 34.4 Å². The number of nitrogens with zero attached hydrogens (tertiary/aromatic N) is 2. The predicted octanol–water partition coefficient (Wildman–Crippen LogP) is 4.00. The first-order valence-corrected chi connectivity index (χ1v) is 8.23. The highest BCUT2D eigenvalue weighted by Crippen LogP contribution is 2.37. The molecule has 0 aliphatic carbocycles. The van der Waals surface area contributed by atoms with Crippen molar-refractivity contribution in [3.63, 3.8) is 0 Å². The van der Waals surface area contributed by atoms with Gasteiger partial charge in [0.25, 0.3) is 5.89 Å². The monoisotopic (exact) mass is 368 g/mol. The highest BCUT2D eigenvalue weighted by molar-refractivity contribution is 6.32. The maximum absolute atomic E-state index is 12.2. The summed E-state index contributed by atoms with van der Waals surface area (Å²) in [5, 5.41) is 4.08. The van der Waals surface area contributed by atoms with Gasteiger partial charge in [-0.3, -0.25) is 0 Å². The van der Waals surface area contributed by atoms with Crippen LogP contribution in [-0.4, -0.2) is 29.3 Å². The van der Waals surface area contributed by atoms with E-state index in [0.29, 0.717) is 17.3 Å². The van der Waals surface area contributed by atoms with E-state index >= 15 is 0 Å². The van der Waals surface area contributed by atoms with Gasteiger partial charge in [0.2, 0.25) is 0 Å². The number of hydrogen-bond acceptors (Lipinski definition) is 7. The molecule has 0 aliphatic heterocycles. The van der Waals surface area contributed by atoms with E-state index in [0.717, 1.165) is 0 Å². The Kier molecular flexibility index (Phi) is 6.25. The second kappa shape index (κ2) is 8.20. The van der Waals surface area contributed by atoms with Crippen LogP contribution < -0.4 is 9.47 Å². The van der Waals surface area contributed by atoms with Crippen LogP contribution in [0.3, 0.4) is 0 Å². The van der Waals surface area contributed by atoms with Crippen molar-refractivity contribution in [2.75, 3.05) is 7.11 Å². The first-order chi connectivity index (χ1) is 11.8. The van der Waals surface area contributed by atoms with Gasteiger partial charge in [0.1, 0.15) is 0 Å². The Hall–Kier alpha value is -2.28. The van der Waals surface area contributed by atoms with Crippen LogP contribution in [0.25, 0.3) is 0 Å². The molecule has 0 spiro atoms. The number of carbonyl (C=O) groups excluding carboxylic acids is 1. The molecule has 2 aromatic rings. The first kappa shape index (κ1) is 19.1. The summed E-state index contributed by atoms with van der Waals surface area (Å²) in [6.07, 6.45) is -0.0862. The third-order valence-electron chi connectivity index (χ3n) is 3.15. The topological polar surface area (TPSA) is 83.7 Å². The molecule has 25 heavy (non-hydrogen) atoms. The Bertz CT molecular complexity index is 743. The molecule has 0 bridgehead atoms. The average molecular weight is 369 g/mol. The number of hydrogen-bond donors (Lipinski definition) is 0. The van der Waals surface area contributed by atoms with Crippen molar-refractivity contribution in [2.45, 2.75) is 46.3 Å². The highest BCUT2D eigenvalue weighted by Gasteiger charge is 2.19. The molecule has 7 nitrogen and oxygen atoms in total. The standard InChI is InChI=1S/C17H21ClN2O5/c1-9(2)16-19-14(25-20-16)8-23-17(21)11-6-12(18)15(24-10(3)4)13(7-11)22-5/h6-7,9-10H,8H2,1-5H3. The third kappa shape index (κ3) is 4.85. The summed E-state index contributed by atoms with van der Waals surface area (Å²) in [4.78, 5) is 16.4. The summed E-state index contributed by atoms with van der Waals surface area (Å²) in [5.74, 6) is 1.08. The molecule has 0 N–H and O–H groups in total. The summed E-state index contributed by atoms with van der Waals surface area (Å²) in [7, 11) is 1.47. The molecule has 0 atom stereocenters. The van der Waals surface area contributed by atoms with Crippen molar-refractivity contribution in [1.82, 2.24) is 10.1 Å². The molecule has 0 saturated heterocycles.